The van der Waals surface area contributed by atoms with E-state index in [2.05, 4.69) is 38.6 Å². The minimum atomic E-state index is -0.285. The molecule has 0 aliphatic rings. The van der Waals surface area contributed by atoms with Crippen molar-refractivity contribution in [1.82, 2.24) is 9.13 Å². The number of carbonyl (C=O) groups is 1. The van der Waals surface area contributed by atoms with Crippen LogP contribution in [-0.2, 0) is 18.5 Å². The maximum atomic E-state index is 13.2. The zero-order chi connectivity index (χ0) is 23.3. The van der Waals surface area contributed by atoms with Crippen LogP contribution < -0.4 is 10.5 Å². The van der Waals surface area contributed by atoms with E-state index in [1.54, 1.807) is 6.07 Å². The summed E-state index contributed by atoms with van der Waals surface area (Å²) in [5.74, 6) is 0.900. The second kappa shape index (κ2) is 10.5. The van der Waals surface area contributed by atoms with Crippen LogP contribution in [0, 0.1) is 5.92 Å². The number of ketones is 1. The van der Waals surface area contributed by atoms with Crippen molar-refractivity contribution in [3.63, 3.8) is 0 Å². The molecule has 0 saturated carbocycles. The van der Waals surface area contributed by atoms with E-state index in [1.807, 2.05) is 62.8 Å². The van der Waals surface area contributed by atoms with Gasteiger partial charge in [0.25, 0.3) is 0 Å². The van der Waals surface area contributed by atoms with E-state index in [0.717, 1.165) is 24.1 Å². The molecule has 1 N–H and O–H groups in total. The Morgan fingerprint density at radius 2 is 1.77 bits per heavy atom. The molecule has 1 aromatic carbocycles. The highest BCUT2D eigenvalue weighted by molar-refractivity contribution is 9.08. The number of anilines is 1. The highest BCUT2D eigenvalue weighted by Crippen LogP contribution is 2.38. The van der Waals surface area contributed by atoms with Crippen LogP contribution in [0.4, 0.5) is 5.69 Å². The highest BCUT2D eigenvalue weighted by Gasteiger charge is 2.24. The second-order valence-electron chi connectivity index (χ2n) is 9.43. The lowest BCUT2D eigenvalue weighted by atomic mass is 9.84. The van der Waals surface area contributed by atoms with Crippen LogP contribution in [0.1, 0.15) is 69.8 Å². The number of hydrogen-bond donors (Lipinski definition) is 1. The van der Waals surface area contributed by atoms with Gasteiger partial charge < -0.3 is 19.1 Å². The number of benzene rings is 1. The number of Topliss-reactive ketones (excluding diaryl/α,β-unsaturated/α-hetero) is 1. The minimum Gasteiger partial charge on any atom is -0.505 e. The summed E-state index contributed by atoms with van der Waals surface area (Å²) in [7, 11) is 3.73. The molecular weight excluding hydrogens is 456 g/mol. The first-order chi connectivity index (χ1) is 14.5. The molecule has 0 fully saturated rings. The van der Waals surface area contributed by atoms with Gasteiger partial charge in [0.05, 0.1) is 28.4 Å². The summed E-state index contributed by atoms with van der Waals surface area (Å²) in [5.41, 5.74) is 2.44. The van der Waals surface area contributed by atoms with Gasteiger partial charge in [0.1, 0.15) is 5.75 Å². The van der Waals surface area contributed by atoms with Crippen molar-refractivity contribution in [3.8, 4) is 5.75 Å². The molecule has 0 bridgehead atoms. The van der Waals surface area contributed by atoms with E-state index in [1.165, 1.54) is 12.8 Å². The zero-order valence-corrected chi connectivity index (χ0v) is 21.5. The third-order valence-electron chi connectivity index (χ3n) is 5.96. The first kappa shape index (κ1) is 25.2. The number of imidazole rings is 1. The smallest absolute Gasteiger partial charge is 0.217 e. The fourth-order valence-electron chi connectivity index (χ4n) is 3.81. The van der Waals surface area contributed by atoms with E-state index in [0.29, 0.717) is 17.2 Å². The molecule has 0 atom stereocenters. The number of aryl methyl sites for hydroxylation is 1. The Bertz CT molecular complexity index is 963. The lowest BCUT2D eigenvalue weighted by Crippen LogP contribution is -2.28. The second-order valence-corrected chi connectivity index (χ2v) is 9.79. The molecule has 0 aliphatic heterocycles. The molecule has 2 aromatic rings. The van der Waals surface area contributed by atoms with Crippen LogP contribution in [0.5, 0.6) is 5.75 Å². The van der Waals surface area contributed by atoms with Crippen LogP contribution in [0.2, 0.25) is 0 Å². The van der Waals surface area contributed by atoms with Crippen molar-refractivity contribution >= 4 is 27.6 Å². The van der Waals surface area contributed by atoms with Crippen LogP contribution in [0.25, 0.3) is 0 Å². The topological polar surface area (TPSA) is 62.8 Å². The van der Waals surface area contributed by atoms with Crippen molar-refractivity contribution < 1.29 is 9.90 Å². The Kier molecular flexibility index (Phi) is 8.57. The minimum absolute atomic E-state index is 0.0197. The number of phenols is 1. The predicted molar refractivity (Wildman–Crippen MR) is 131 cm³/mol. The Labute approximate surface area is 194 Å². The van der Waals surface area contributed by atoms with E-state index < -0.39 is 0 Å². The van der Waals surface area contributed by atoms with Crippen molar-refractivity contribution in [2.45, 2.75) is 72.4 Å². The van der Waals surface area contributed by atoms with E-state index in [4.69, 9.17) is 0 Å². The third-order valence-corrected chi connectivity index (χ3v) is 6.28. The summed E-state index contributed by atoms with van der Waals surface area (Å²) >= 11 is 3.24. The molecule has 2 rings (SSSR count). The molecule has 0 aliphatic carbocycles. The number of carbonyl (C=O) groups excluding carboxylic acids is 1. The van der Waals surface area contributed by atoms with E-state index in [9.17, 15) is 9.90 Å². The van der Waals surface area contributed by atoms with Gasteiger partial charge in [-0.25, -0.2) is 0 Å². The number of rotatable bonds is 9. The van der Waals surface area contributed by atoms with Gasteiger partial charge in [-0.1, -0.05) is 47.5 Å². The SMILES string of the molecule is CCC(CC)CCn1ccn(CC(=O)c2cc(N(C)C)c(O)c(C(C)(C)C)c2)c1=NBr. The number of halogens is 1. The summed E-state index contributed by atoms with van der Waals surface area (Å²) in [6.45, 7) is 11.6. The lowest BCUT2D eigenvalue weighted by molar-refractivity contribution is 0.0970. The summed E-state index contributed by atoms with van der Waals surface area (Å²) < 4.78 is 8.21. The van der Waals surface area contributed by atoms with E-state index in [-0.39, 0.29) is 23.5 Å². The van der Waals surface area contributed by atoms with Crippen molar-refractivity contribution in [2.75, 3.05) is 19.0 Å². The Hall–Kier alpha value is -2.02. The third kappa shape index (κ3) is 6.03. The first-order valence-corrected chi connectivity index (χ1v) is 11.7. The normalized spacial score (nSPS) is 12.6. The number of aromatic nitrogens is 2. The Balaban J connectivity index is 2.35. The number of aromatic hydroxyl groups is 1. The molecule has 0 amide bonds. The largest absolute Gasteiger partial charge is 0.505 e. The summed E-state index contributed by atoms with van der Waals surface area (Å²) in [5, 5.41) is 10.7. The van der Waals surface area contributed by atoms with Gasteiger partial charge in [-0.05, 0) is 29.9 Å². The average Bonchev–Trinajstić information content (AvgIpc) is 3.09. The molecule has 0 spiro atoms. The molecule has 0 unspecified atom stereocenters. The molecular formula is C24H37BrN4O2. The average molecular weight is 493 g/mol. The number of hydrogen-bond acceptors (Lipinski definition) is 4. The van der Waals surface area contributed by atoms with Crippen molar-refractivity contribution in [1.29, 1.82) is 0 Å². The molecule has 0 radical (unpaired) electrons. The monoisotopic (exact) mass is 492 g/mol. The molecule has 1 aromatic heterocycles. The van der Waals surface area contributed by atoms with Gasteiger partial charge in [-0.3, -0.25) is 4.79 Å². The predicted octanol–water partition coefficient (Wildman–Crippen LogP) is 5.28. The van der Waals surface area contributed by atoms with Crippen LogP contribution >= 0.6 is 16.1 Å². The van der Waals surface area contributed by atoms with Crippen LogP contribution in [-0.4, -0.2) is 34.1 Å². The van der Waals surface area contributed by atoms with Gasteiger partial charge in [0.15, 0.2) is 5.78 Å². The molecule has 7 heteroatoms. The zero-order valence-electron chi connectivity index (χ0n) is 19.9. The van der Waals surface area contributed by atoms with Gasteiger partial charge >= 0.3 is 0 Å². The molecule has 31 heavy (non-hydrogen) atoms. The quantitative estimate of drug-likeness (QED) is 0.484. The molecule has 0 saturated heterocycles. The first-order valence-electron chi connectivity index (χ1n) is 11.0. The fraction of sp³-hybridized carbons (Fsp3) is 0.583. The standard InChI is InChI=1S/C24H37BrN4O2/c1-8-17(9-2)10-11-28-12-13-29(23(28)26-25)16-21(30)18-14-19(24(3,4)5)22(31)20(15-18)27(6)7/h12-15,17,31H,8-11,16H2,1-7H3. The van der Waals surface area contributed by atoms with Gasteiger partial charge in [-0.2, -0.15) is 4.02 Å². The van der Waals surface area contributed by atoms with E-state index >= 15 is 0 Å². The maximum Gasteiger partial charge on any atom is 0.217 e. The number of phenolic OH excluding ortho intramolecular Hbond substituents is 1. The Morgan fingerprint density at radius 3 is 2.29 bits per heavy atom. The highest BCUT2D eigenvalue weighted by atomic mass is 79.9. The maximum absolute atomic E-state index is 13.2. The molecule has 6 nitrogen and oxygen atoms in total. The van der Waals surface area contributed by atoms with Crippen LogP contribution in [0.15, 0.2) is 28.5 Å². The van der Waals surface area contributed by atoms with Crippen LogP contribution in [0.3, 0.4) is 0 Å². The van der Waals surface area contributed by atoms with Gasteiger partial charge in [-0.15, -0.1) is 0 Å². The summed E-state index contributed by atoms with van der Waals surface area (Å²) in [6.07, 6.45) is 7.32. The fourth-order valence-corrected chi connectivity index (χ4v) is 4.22. The number of nitrogens with zero attached hydrogens (tertiary/aromatic N) is 4. The van der Waals surface area contributed by atoms with Crippen molar-refractivity contribution in [2.24, 2.45) is 9.94 Å². The summed E-state index contributed by atoms with van der Waals surface area (Å²) in [4.78, 5) is 15.1. The van der Waals surface area contributed by atoms with Gasteiger partial charge in [0.2, 0.25) is 5.62 Å². The molecule has 1 heterocycles. The van der Waals surface area contributed by atoms with Crippen molar-refractivity contribution in [3.05, 3.63) is 41.3 Å². The van der Waals surface area contributed by atoms with Gasteiger partial charge in [0, 0.05) is 44.2 Å². The molecule has 172 valence electrons. The lowest BCUT2D eigenvalue weighted by Gasteiger charge is -2.25. The Morgan fingerprint density at radius 1 is 1.16 bits per heavy atom. The summed E-state index contributed by atoms with van der Waals surface area (Å²) in [6, 6.07) is 3.59.